The number of carbonyl (C=O) groups is 3. The van der Waals surface area contributed by atoms with Crippen LogP contribution in [0.25, 0.3) is 0 Å². The van der Waals surface area contributed by atoms with E-state index in [-0.39, 0.29) is 24.2 Å². The minimum absolute atomic E-state index is 0.148. The molecule has 7 nitrogen and oxygen atoms in total. The summed E-state index contributed by atoms with van der Waals surface area (Å²) >= 11 is 0. The van der Waals surface area contributed by atoms with Crippen LogP contribution in [0.15, 0.2) is 24.3 Å². The van der Waals surface area contributed by atoms with Gasteiger partial charge in [-0.3, -0.25) is 14.4 Å². The van der Waals surface area contributed by atoms with Crippen LogP contribution >= 0.6 is 0 Å². The summed E-state index contributed by atoms with van der Waals surface area (Å²) in [6.07, 6.45) is 0.945. The number of hydrogen-bond donors (Lipinski definition) is 1. The molecule has 0 aliphatic rings. The van der Waals surface area contributed by atoms with Gasteiger partial charge < -0.3 is 19.9 Å². The molecular weight excluding hydrogens is 322 g/mol. The van der Waals surface area contributed by atoms with Crippen molar-refractivity contribution in [1.82, 2.24) is 9.80 Å². The van der Waals surface area contributed by atoms with Crippen LogP contribution in [0.3, 0.4) is 0 Å². The molecule has 0 aliphatic heterocycles. The number of methoxy groups -OCH3 is 1. The van der Waals surface area contributed by atoms with Gasteiger partial charge in [-0.1, -0.05) is 6.07 Å². The number of esters is 1. The van der Waals surface area contributed by atoms with Gasteiger partial charge in [0.25, 0.3) is 5.91 Å². The highest BCUT2D eigenvalue weighted by molar-refractivity contribution is 5.97. The lowest BCUT2D eigenvalue weighted by atomic mass is 10.1. The molecule has 0 radical (unpaired) electrons. The number of nitrogens with zero attached hydrogens (tertiary/aromatic N) is 2. The van der Waals surface area contributed by atoms with Gasteiger partial charge in [-0.15, -0.1) is 0 Å². The predicted molar refractivity (Wildman–Crippen MR) is 96.5 cm³/mol. The normalized spacial score (nSPS) is 10.4. The molecule has 1 rings (SSSR count). The molecular formula is C18H27N3O4. The lowest BCUT2D eigenvalue weighted by Crippen LogP contribution is -2.35. The molecule has 1 aromatic carbocycles. The van der Waals surface area contributed by atoms with E-state index in [4.69, 9.17) is 0 Å². The molecule has 25 heavy (non-hydrogen) atoms. The Hall–Kier alpha value is -2.41. The van der Waals surface area contributed by atoms with Crippen LogP contribution < -0.4 is 5.32 Å². The van der Waals surface area contributed by atoms with Gasteiger partial charge in [0.05, 0.1) is 13.5 Å². The number of ether oxygens (including phenoxy) is 1. The Labute approximate surface area is 148 Å². The summed E-state index contributed by atoms with van der Waals surface area (Å²) in [5.74, 6) is -0.717. The molecule has 0 bridgehead atoms. The molecule has 0 heterocycles. The van der Waals surface area contributed by atoms with Gasteiger partial charge in [-0.25, -0.2) is 0 Å². The van der Waals surface area contributed by atoms with Crippen LogP contribution in [0.5, 0.6) is 0 Å². The summed E-state index contributed by atoms with van der Waals surface area (Å²) in [7, 11) is 5.27. The Kier molecular flexibility index (Phi) is 8.63. The van der Waals surface area contributed by atoms with Crippen molar-refractivity contribution in [2.24, 2.45) is 0 Å². The maximum Gasteiger partial charge on any atom is 0.307 e. The van der Waals surface area contributed by atoms with Gasteiger partial charge in [0.1, 0.15) is 0 Å². The number of rotatable bonds is 9. The van der Waals surface area contributed by atoms with E-state index in [1.807, 2.05) is 19.0 Å². The van der Waals surface area contributed by atoms with Gasteiger partial charge in [0.2, 0.25) is 5.91 Å². The molecule has 0 fully saturated rings. The van der Waals surface area contributed by atoms with Crippen LogP contribution in [0, 0.1) is 0 Å². The summed E-state index contributed by atoms with van der Waals surface area (Å²) in [6, 6.07) is 6.78. The maximum absolute atomic E-state index is 12.8. The summed E-state index contributed by atoms with van der Waals surface area (Å²) in [5, 5.41) is 2.67. The van der Waals surface area contributed by atoms with Crippen LogP contribution in [0.1, 0.15) is 30.1 Å². The molecule has 0 atom stereocenters. The number of benzene rings is 1. The first kappa shape index (κ1) is 20.6. The molecule has 0 unspecified atom stereocenters. The average Bonchev–Trinajstić information content (AvgIpc) is 2.56. The zero-order valence-electron chi connectivity index (χ0n) is 15.4. The number of hydrogen-bond acceptors (Lipinski definition) is 5. The van der Waals surface area contributed by atoms with Crippen molar-refractivity contribution in [3.63, 3.8) is 0 Å². The SMILES string of the molecule is COC(=O)CCN(CCCN(C)C)C(=O)c1cccc(NC(C)=O)c1. The maximum atomic E-state index is 12.8. The monoisotopic (exact) mass is 349 g/mol. The molecule has 0 aromatic heterocycles. The molecule has 138 valence electrons. The predicted octanol–water partition coefficient (Wildman–Crippen LogP) is 1.60. The third kappa shape index (κ3) is 7.80. The van der Waals surface area contributed by atoms with Crippen LogP contribution in [-0.2, 0) is 14.3 Å². The van der Waals surface area contributed by atoms with Gasteiger partial charge >= 0.3 is 5.97 Å². The van der Waals surface area contributed by atoms with E-state index in [9.17, 15) is 14.4 Å². The van der Waals surface area contributed by atoms with Crippen molar-refractivity contribution < 1.29 is 19.1 Å². The fourth-order valence-electron chi connectivity index (χ4n) is 2.34. The fourth-order valence-corrected chi connectivity index (χ4v) is 2.34. The van der Waals surface area contributed by atoms with E-state index >= 15 is 0 Å². The highest BCUT2D eigenvalue weighted by Crippen LogP contribution is 2.14. The molecule has 7 heteroatoms. The lowest BCUT2D eigenvalue weighted by Gasteiger charge is -2.23. The van der Waals surface area contributed by atoms with Crippen LogP contribution in [0.4, 0.5) is 5.69 Å². The highest BCUT2D eigenvalue weighted by atomic mass is 16.5. The third-order valence-electron chi connectivity index (χ3n) is 3.56. The minimum Gasteiger partial charge on any atom is -0.469 e. The smallest absolute Gasteiger partial charge is 0.307 e. The molecule has 0 aliphatic carbocycles. The second kappa shape index (κ2) is 10.5. The number of carbonyl (C=O) groups excluding carboxylic acids is 3. The third-order valence-corrected chi connectivity index (χ3v) is 3.56. The quantitative estimate of drug-likeness (QED) is 0.685. The zero-order chi connectivity index (χ0) is 18.8. The number of anilines is 1. The van der Waals surface area contributed by atoms with E-state index in [0.717, 1.165) is 13.0 Å². The van der Waals surface area contributed by atoms with Crippen LogP contribution in [-0.4, -0.2) is 68.4 Å². The first-order valence-corrected chi connectivity index (χ1v) is 8.22. The summed E-state index contributed by atoms with van der Waals surface area (Å²) in [6.45, 7) is 3.09. The summed E-state index contributed by atoms with van der Waals surface area (Å²) in [4.78, 5) is 39.1. The number of nitrogens with one attached hydrogen (secondary N) is 1. The second-order valence-electron chi connectivity index (χ2n) is 6.04. The molecule has 1 aromatic rings. The van der Waals surface area contributed by atoms with E-state index in [1.165, 1.54) is 14.0 Å². The fraction of sp³-hybridized carbons (Fsp3) is 0.500. The number of amides is 2. The van der Waals surface area contributed by atoms with Gasteiger partial charge in [0, 0.05) is 31.3 Å². The summed E-state index contributed by atoms with van der Waals surface area (Å²) < 4.78 is 4.66. The zero-order valence-corrected chi connectivity index (χ0v) is 15.4. The highest BCUT2D eigenvalue weighted by Gasteiger charge is 2.17. The first-order chi connectivity index (χ1) is 11.8. The molecule has 1 N–H and O–H groups in total. The Bertz CT molecular complexity index is 602. The Morgan fingerprint density at radius 3 is 2.44 bits per heavy atom. The largest absolute Gasteiger partial charge is 0.469 e. The van der Waals surface area contributed by atoms with Crippen LogP contribution in [0.2, 0.25) is 0 Å². The van der Waals surface area contributed by atoms with Gasteiger partial charge in [0.15, 0.2) is 0 Å². The second-order valence-corrected chi connectivity index (χ2v) is 6.04. The van der Waals surface area contributed by atoms with Gasteiger partial charge in [-0.05, 0) is 45.3 Å². The summed E-state index contributed by atoms with van der Waals surface area (Å²) in [5.41, 5.74) is 1.04. The van der Waals surface area contributed by atoms with Crippen molar-refractivity contribution in [1.29, 1.82) is 0 Å². The molecule has 2 amide bonds. The average molecular weight is 349 g/mol. The van der Waals surface area contributed by atoms with E-state index < -0.39 is 0 Å². The van der Waals surface area contributed by atoms with Crippen molar-refractivity contribution in [3.05, 3.63) is 29.8 Å². The first-order valence-electron chi connectivity index (χ1n) is 8.22. The van der Waals surface area contributed by atoms with Crippen molar-refractivity contribution in [2.75, 3.05) is 46.2 Å². The topological polar surface area (TPSA) is 79.0 Å². The molecule has 0 spiro atoms. The van der Waals surface area contributed by atoms with Crippen molar-refractivity contribution in [3.8, 4) is 0 Å². The molecule has 0 saturated carbocycles. The Morgan fingerprint density at radius 2 is 1.84 bits per heavy atom. The molecule has 0 saturated heterocycles. The van der Waals surface area contributed by atoms with E-state index in [0.29, 0.717) is 24.3 Å². The Balaban J connectivity index is 2.85. The van der Waals surface area contributed by atoms with Gasteiger partial charge in [-0.2, -0.15) is 0 Å². The lowest BCUT2D eigenvalue weighted by molar-refractivity contribution is -0.140. The van der Waals surface area contributed by atoms with Crippen molar-refractivity contribution >= 4 is 23.5 Å². The standard InChI is InChI=1S/C18H27N3O4/c1-14(22)19-16-8-5-7-15(13-16)18(24)21(11-6-10-20(2)3)12-9-17(23)25-4/h5,7-8,13H,6,9-12H2,1-4H3,(H,19,22). The van der Waals surface area contributed by atoms with Crippen molar-refractivity contribution in [2.45, 2.75) is 19.8 Å². The Morgan fingerprint density at radius 1 is 1.12 bits per heavy atom. The minimum atomic E-state index is -0.350. The van der Waals surface area contributed by atoms with E-state index in [2.05, 4.69) is 10.1 Å². The van der Waals surface area contributed by atoms with E-state index in [1.54, 1.807) is 29.2 Å².